The number of nitrogens with zero attached hydrogens (tertiary/aromatic N) is 2. The lowest BCUT2D eigenvalue weighted by Crippen LogP contribution is -2.10. The summed E-state index contributed by atoms with van der Waals surface area (Å²) in [5, 5.41) is 4.18. The van der Waals surface area contributed by atoms with Crippen LogP contribution in [0.4, 0.5) is 4.39 Å². The van der Waals surface area contributed by atoms with E-state index in [-0.39, 0.29) is 11.9 Å². The number of hydrogen-bond acceptors (Lipinski definition) is 2. The maximum absolute atomic E-state index is 13.7. The molecule has 0 saturated heterocycles. The lowest BCUT2D eigenvalue weighted by Gasteiger charge is -2.16. The fraction of sp³-hybridized carbons (Fsp3) is 0.267. The average molecular weight is 388 g/mol. The van der Waals surface area contributed by atoms with Gasteiger partial charge in [0.1, 0.15) is 11.6 Å². The fourth-order valence-corrected chi connectivity index (χ4v) is 3.74. The van der Waals surface area contributed by atoms with E-state index in [1.165, 1.54) is 11.6 Å². The number of alkyl halides is 1. The molecule has 0 amide bonds. The van der Waals surface area contributed by atoms with Crippen LogP contribution >= 0.6 is 38.9 Å². The highest BCUT2D eigenvalue weighted by Crippen LogP contribution is 2.30. The number of rotatable bonds is 4. The topological polar surface area (TPSA) is 17.8 Å². The average Bonchev–Trinajstić information content (AvgIpc) is 3.07. The largest absolute Gasteiger partial charge is 0.321 e. The van der Waals surface area contributed by atoms with Crippen LogP contribution in [0, 0.1) is 5.82 Å². The Balaban J connectivity index is 2.22. The van der Waals surface area contributed by atoms with E-state index in [1.807, 2.05) is 0 Å². The van der Waals surface area contributed by atoms with E-state index < -0.39 is 0 Å². The van der Waals surface area contributed by atoms with E-state index in [4.69, 9.17) is 11.6 Å². The minimum absolute atomic E-state index is 0.136. The predicted octanol–water partition coefficient (Wildman–Crippen LogP) is 5.39. The molecule has 0 bridgehead atoms. The monoisotopic (exact) mass is 386 g/mol. The second kappa shape index (κ2) is 6.07. The molecule has 0 fully saturated rings. The molecular weight excluding hydrogens is 375 g/mol. The van der Waals surface area contributed by atoms with Gasteiger partial charge in [-0.05, 0) is 51.3 Å². The molecule has 0 spiro atoms. The Bertz CT molecular complexity index is 770. The van der Waals surface area contributed by atoms with Crippen molar-refractivity contribution in [3.05, 3.63) is 50.6 Å². The van der Waals surface area contributed by atoms with Crippen molar-refractivity contribution in [3.8, 4) is 0 Å². The second-order valence-corrected chi connectivity index (χ2v) is 6.84. The zero-order valence-corrected chi connectivity index (χ0v) is 14.5. The molecule has 0 saturated carbocycles. The molecule has 1 aromatic carbocycles. The van der Waals surface area contributed by atoms with Gasteiger partial charge in [0.05, 0.1) is 21.5 Å². The smallest absolute Gasteiger partial charge is 0.139 e. The molecule has 21 heavy (non-hydrogen) atoms. The van der Waals surface area contributed by atoms with Gasteiger partial charge in [0, 0.05) is 18.4 Å². The van der Waals surface area contributed by atoms with Crippen LogP contribution in [-0.4, -0.2) is 15.4 Å². The fourth-order valence-electron chi connectivity index (χ4n) is 2.50. The van der Waals surface area contributed by atoms with Gasteiger partial charge >= 0.3 is 0 Å². The standard InChI is InChI=1S/C15H13BrClFN2S/c1-9(10-3-5-21-8-10)20-14-6-11(16)12(18)7-13(14)19-15(20)2-4-17/h3,5-9H,2,4H2,1H3. The molecule has 1 unspecified atom stereocenters. The van der Waals surface area contributed by atoms with Crippen LogP contribution in [0.1, 0.15) is 24.4 Å². The first-order valence-corrected chi connectivity index (χ1v) is 8.82. The third-order valence-electron chi connectivity index (χ3n) is 3.54. The van der Waals surface area contributed by atoms with E-state index in [1.54, 1.807) is 17.4 Å². The van der Waals surface area contributed by atoms with Crippen LogP contribution in [0.3, 0.4) is 0 Å². The van der Waals surface area contributed by atoms with Gasteiger partial charge in [-0.15, -0.1) is 11.6 Å². The highest BCUT2D eigenvalue weighted by atomic mass is 79.9. The Morgan fingerprint density at radius 3 is 2.95 bits per heavy atom. The predicted molar refractivity (Wildman–Crippen MR) is 89.9 cm³/mol. The van der Waals surface area contributed by atoms with Crippen molar-refractivity contribution in [3.63, 3.8) is 0 Å². The number of benzene rings is 1. The Labute approximate surface area is 139 Å². The summed E-state index contributed by atoms with van der Waals surface area (Å²) in [6.07, 6.45) is 0.657. The van der Waals surface area contributed by atoms with E-state index in [2.05, 4.69) is 49.2 Å². The van der Waals surface area contributed by atoms with Crippen molar-refractivity contribution < 1.29 is 4.39 Å². The van der Waals surface area contributed by atoms with Crippen molar-refractivity contribution in [1.82, 2.24) is 9.55 Å². The normalized spacial score (nSPS) is 13.0. The van der Waals surface area contributed by atoms with Gasteiger partial charge in [0.25, 0.3) is 0 Å². The highest BCUT2D eigenvalue weighted by Gasteiger charge is 2.18. The minimum atomic E-state index is -0.298. The second-order valence-electron chi connectivity index (χ2n) is 4.82. The Morgan fingerprint density at radius 1 is 1.48 bits per heavy atom. The highest BCUT2D eigenvalue weighted by molar-refractivity contribution is 9.10. The van der Waals surface area contributed by atoms with Crippen LogP contribution in [0.5, 0.6) is 0 Å². The summed E-state index contributed by atoms with van der Waals surface area (Å²) >= 11 is 10.8. The summed E-state index contributed by atoms with van der Waals surface area (Å²) < 4.78 is 16.3. The Kier molecular flexibility index (Phi) is 4.33. The van der Waals surface area contributed by atoms with Crippen molar-refractivity contribution >= 4 is 49.9 Å². The van der Waals surface area contributed by atoms with Crippen molar-refractivity contribution in [1.29, 1.82) is 0 Å². The van der Waals surface area contributed by atoms with Gasteiger partial charge in [-0.2, -0.15) is 11.3 Å². The maximum Gasteiger partial charge on any atom is 0.139 e. The number of imidazole rings is 1. The van der Waals surface area contributed by atoms with Crippen molar-refractivity contribution in [2.24, 2.45) is 0 Å². The zero-order valence-electron chi connectivity index (χ0n) is 11.3. The molecule has 2 nitrogen and oxygen atoms in total. The summed E-state index contributed by atoms with van der Waals surface area (Å²) in [5.74, 6) is 1.08. The molecule has 1 atom stereocenters. The van der Waals surface area contributed by atoms with Crippen LogP contribution in [0.15, 0.2) is 33.4 Å². The molecular formula is C15H13BrClFN2S. The summed E-state index contributed by atoms with van der Waals surface area (Å²) in [6, 6.07) is 5.49. The van der Waals surface area contributed by atoms with Crippen molar-refractivity contribution in [2.75, 3.05) is 5.88 Å². The van der Waals surface area contributed by atoms with Gasteiger partial charge in [-0.25, -0.2) is 9.37 Å². The first kappa shape index (κ1) is 15.0. The van der Waals surface area contributed by atoms with Crippen LogP contribution in [0.2, 0.25) is 0 Å². The number of hydrogen-bond donors (Lipinski definition) is 0. The van der Waals surface area contributed by atoms with E-state index in [0.29, 0.717) is 22.3 Å². The Morgan fingerprint density at radius 2 is 2.29 bits per heavy atom. The molecule has 0 aliphatic heterocycles. The number of thiophene rings is 1. The van der Waals surface area contributed by atoms with Gasteiger partial charge in [0.15, 0.2) is 0 Å². The maximum atomic E-state index is 13.7. The van der Waals surface area contributed by atoms with Crippen molar-refractivity contribution in [2.45, 2.75) is 19.4 Å². The third kappa shape index (κ3) is 2.74. The van der Waals surface area contributed by atoms with Gasteiger partial charge in [-0.1, -0.05) is 0 Å². The summed E-state index contributed by atoms with van der Waals surface area (Å²) in [7, 11) is 0. The van der Waals surface area contributed by atoms with Gasteiger partial charge < -0.3 is 4.57 Å². The van der Waals surface area contributed by atoms with E-state index in [0.717, 1.165) is 11.3 Å². The first-order valence-electron chi connectivity index (χ1n) is 6.55. The SMILES string of the molecule is CC(c1ccsc1)n1c(CCCl)nc2cc(F)c(Br)cc21. The quantitative estimate of drug-likeness (QED) is 0.549. The minimum Gasteiger partial charge on any atom is -0.321 e. The summed E-state index contributed by atoms with van der Waals surface area (Å²) in [4.78, 5) is 4.56. The number of halogens is 3. The molecule has 0 radical (unpaired) electrons. The summed E-state index contributed by atoms with van der Waals surface area (Å²) in [6.45, 7) is 2.12. The third-order valence-corrected chi connectivity index (χ3v) is 5.03. The number of aromatic nitrogens is 2. The zero-order chi connectivity index (χ0) is 15.0. The molecule has 6 heteroatoms. The van der Waals surface area contributed by atoms with Crippen LogP contribution < -0.4 is 0 Å². The molecule has 0 aliphatic carbocycles. The Hall–Kier alpha value is -0.910. The molecule has 0 N–H and O–H groups in total. The van der Waals surface area contributed by atoms with Gasteiger partial charge in [0.2, 0.25) is 0 Å². The molecule has 2 aromatic heterocycles. The molecule has 3 rings (SSSR count). The molecule has 3 aromatic rings. The molecule has 110 valence electrons. The van der Waals surface area contributed by atoms with Crippen LogP contribution in [-0.2, 0) is 6.42 Å². The van der Waals surface area contributed by atoms with E-state index >= 15 is 0 Å². The van der Waals surface area contributed by atoms with Crippen LogP contribution in [0.25, 0.3) is 11.0 Å². The first-order chi connectivity index (χ1) is 10.1. The lowest BCUT2D eigenvalue weighted by molar-refractivity contribution is 0.619. The van der Waals surface area contributed by atoms with Gasteiger partial charge in [-0.3, -0.25) is 0 Å². The lowest BCUT2D eigenvalue weighted by atomic mass is 10.1. The number of fused-ring (bicyclic) bond motifs is 1. The summed E-state index contributed by atoms with van der Waals surface area (Å²) in [5.41, 5.74) is 2.80. The molecule has 2 heterocycles. The van der Waals surface area contributed by atoms with E-state index in [9.17, 15) is 4.39 Å². The number of aryl methyl sites for hydroxylation is 1. The molecule has 0 aliphatic rings.